The van der Waals surface area contributed by atoms with Gasteiger partial charge in [-0.3, -0.25) is 0 Å². The molecular weight excluding hydrogens is 364 g/mol. The molecule has 0 unspecified atom stereocenters. The Kier molecular flexibility index (Phi) is 9.46. The van der Waals surface area contributed by atoms with Gasteiger partial charge < -0.3 is 9.84 Å². The van der Waals surface area contributed by atoms with E-state index >= 15 is 0 Å². The van der Waals surface area contributed by atoms with E-state index in [-0.39, 0.29) is 10.8 Å². The highest BCUT2D eigenvalue weighted by Crippen LogP contribution is 2.40. The summed E-state index contributed by atoms with van der Waals surface area (Å²) in [7, 11) is 0. The number of hydrogen-bond acceptors (Lipinski definition) is 3. The Hall–Kier alpha value is -1.09. The molecule has 0 spiro atoms. The van der Waals surface area contributed by atoms with Gasteiger partial charge in [0.2, 0.25) is 0 Å². The average Bonchev–Trinajstić information content (AvgIpc) is 2.54. The third-order valence-corrected chi connectivity index (χ3v) is 5.41. The average molecular weight is 407 g/mol. The van der Waals surface area contributed by atoms with Gasteiger partial charge in [-0.1, -0.05) is 86.8 Å². The number of unbranched alkanes of at least 4 members (excludes halogenated alkanes) is 2. The van der Waals surface area contributed by atoms with Crippen LogP contribution >= 0.6 is 12.2 Å². The first-order valence-corrected chi connectivity index (χ1v) is 11.3. The lowest BCUT2D eigenvalue weighted by molar-refractivity contribution is 0.291. The largest absolute Gasteiger partial charge is 0.507 e. The van der Waals surface area contributed by atoms with Crippen molar-refractivity contribution in [2.45, 2.75) is 105 Å². The molecule has 1 aromatic rings. The van der Waals surface area contributed by atoms with Crippen molar-refractivity contribution >= 4 is 17.3 Å². The summed E-state index contributed by atoms with van der Waals surface area (Å²) in [6, 6.07) is 4.28. The molecule has 0 heterocycles. The molecule has 0 radical (unpaired) electrons. The zero-order valence-corrected chi connectivity index (χ0v) is 20.3. The van der Waals surface area contributed by atoms with Crippen molar-refractivity contribution in [3.63, 3.8) is 0 Å². The molecule has 1 N–H and O–H groups in total. The minimum atomic E-state index is -0.104. The summed E-state index contributed by atoms with van der Waals surface area (Å²) in [4.78, 5) is 0. The number of benzene rings is 1. The van der Waals surface area contributed by atoms with Gasteiger partial charge in [0.15, 0.2) is 5.05 Å². The number of aryl methyl sites for hydroxylation is 1. The first-order valence-electron chi connectivity index (χ1n) is 10.8. The summed E-state index contributed by atoms with van der Waals surface area (Å²) >= 11 is 5.44. The second-order valence-electron chi connectivity index (χ2n) is 10.5. The predicted molar refractivity (Wildman–Crippen MR) is 126 cm³/mol. The first kappa shape index (κ1) is 24.9. The molecule has 0 saturated carbocycles. The number of thiocarbonyl (C=S) groups is 1. The summed E-state index contributed by atoms with van der Waals surface area (Å²) in [5, 5.41) is 11.5. The van der Waals surface area contributed by atoms with Gasteiger partial charge >= 0.3 is 0 Å². The fourth-order valence-corrected chi connectivity index (χ4v) is 3.50. The minimum Gasteiger partial charge on any atom is -0.507 e. The van der Waals surface area contributed by atoms with Crippen molar-refractivity contribution in [3.8, 4) is 5.75 Å². The van der Waals surface area contributed by atoms with Crippen LogP contribution in [0.3, 0.4) is 0 Å². The van der Waals surface area contributed by atoms with Gasteiger partial charge in [0.1, 0.15) is 5.75 Å². The van der Waals surface area contributed by atoms with Crippen LogP contribution in [-0.4, -0.2) is 16.8 Å². The van der Waals surface area contributed by atoms with E-state index in [1.54, 1.807) is 0 Å². The molecule has 0 atom stereocenters. The molecule has 0 aliphatic carbocycles. The van der Waals surface area contributed by atoms with Crippen LogP contribution in [0.5, 0.6) is 5.75 Å². The molecule has 0 bridgehead atoms. The Morgan fingerprint density at radius 2 is 1.50 bits per heavy atom. The molecule has 0 aromatic heterocycles. The quantitative estimate of drug-likeness (QED) is 0.340. The van der Waals surface area contributed by atoms with Crippen LogP contribution in [0.1, 0.15) is 104 Å². The Morgan fingerprint density at radius 3 is 1.96 bits per heavy atom. The SMILES string of the molecule is CC(C)CCCCCOC(=S)CCc1cc(C(C)(C)C)c(O)c(C(C)(C)C)c1. The van der Waals surface area contributed by atoms with E-state index in [1.807, 2.05) is 0 Å². The van der Waals surface area contributed by atoms with E-state index in [0.717, 1.165) is 42.9 Å². The van der Waals surface area contributed by atoms with Crippen molar-refractivity contribution in [3.05, 3.63) is 28.8 Å². The molecule has 3 heteroatoms. The normalized spacial score (nSPS) is 12.5. The lowest BCUT2D eigenvalue weighted by Crippen LogP contribution is -2.18. The number of rotatable bonds is 9. The summed E-state index contributed by atoms with van der Waals surface area (Å²) in [6.07, 6.45) is 6.44. The lowest BCUT2D eigenvalue weighted by Gasteiger charge is -2.28. The van der Waals surface area contributed by atoms with Crippen LogP contribution < -0.4 is 0 Å². The van der Waals surface area contributed by atoms with Crippen LogP contribution in [0.2, 0.25) is 0 Å². The van der Waals surface area contributed by atoms with Crippen LogP contribution in [-0.2, 0) is 22.0 Å². The molecule has 28 heavy (non-hydrogen) atoms. The Bertz CT molecular complexity index is 598. The maximum absolute atomic E-state index is 10.8. The van der Waals surface area contributed by atoms with Crippen LogP contribution in [0, 0.1) is 5.92 Å². The van der Waals surface area contributed by atoms with E-state index in [9.17, 15) is 5.11 Å². The smallest absolute Gasteiger partial charge is 0.159 e. The molecule has 1 aromatic carbocycles. The van der Waals surface area contributed by atoms with E-state index in [1.165, 1.54) is 24.8 Å². The summed E-state index contributed by atoms with van der Waals surface area (Å²) in [5.74, 6) is 1.22. The van der Waals surface area contributed by atoms with Crippen molar-refractivity contribution in [1.29, 1.82) is 0 Å². The molecule has 0 aliphatic heterocycles. The van der Waals surface area contributed by atoms with Gasteiger partial charge in [-0.25, -0.2) is 0 Å². The van der Waals surface area contributed by atoms with Crippen molar-refractivity contribution < 1.29 is 9.84 Å². The van der Waals surface area contributed by atoms with Gasteiger partial charge in [0.05, 0.1) is 6.61 Å². The lowest BCUT2D eigenvalue weighted by atomic mass is 9.78. The number of ether oxygens (including phenoxy) is 1. The monoisotopic (exact) mass is 406 g/mol. The highest BCUT2D eigenvalue weighted by atomic mass is 32.1. The molecule has 0 aliphatic rings. The van der Waals surface area contributed by atoms with E-state index in [0.29, 0.717) is 10.8 Å². The van der Waals surface area contributed by atoms with Gasteiger partial charge in [-0.05, 0) is 58.5 Å². The van der Waals surface area contributed by atoms with Crippen LogP contribution in [0.15, 0.2) is 12.1 Å². The summed E-state index contributed by atoms with van der Waals surface area (Å²) < 4.78 is 5.77. The number of aromatic hydroxyl groups is 1. The number of hydrogen-bond donors (Lipinski definition) is 1. The number of phenols is 1. The fourth-order valence-electron chi connectivity index (χ4n) is 3.32. The zero-order chi connectivity index (χ0) is 21.5. The molecule has 1 rings (SSSR count). The van der Waals surface area contributed by atoms with E-state index < -0.39 is 0 Å². The highest BCUT2D eigenvalue weighted by Gasteiger charge is 2.26. The molecule has 0 amide bonds. The Balaban J connectivity index is 2.67. The number of phenolic OH excluding ortho intramolecular Hbond substituents is 1. The molecule has 0 fully saturated rings. The van der Waals surface area contributed by atoms with Gasteiger partial charge in [0, 0.05) is 6.42 Å². The molecule has 160 valence electrons. The first-order chi connectivity index (χ1) is 12.8. The molecule has 2 nitrogen and oxygen atoms in total. The van der Waals surface area contributed by atoms with Gasteiger partial charge in [0.25, 0.3) is 0 Å². The summed E-state index contributed by atoms with van der Waals surface area (Å²) in [5.41, 5.74) is 3.02. The maximum atomic E-state index is 10.8. The van der Waals surface area contributed by atoms with Crippen LogP contribution in [0.25, 0.3) is 0 Å². The predicted octanol–water partition coefficient (Wildman–Crippen LogP) is 7.48. The Labute approximate surface area is 179 Å². The highest BCUT2D eigenvalue weighted by molar-refractivity contribution is 7.80. The maximum Gasteiger partial charge on any atom is 0.159 e. The Morgan fingerprint density at radius 1 is 0.964 bits per heavy atom. The van der Waals surface area contributed by atoms with Crippen molar-refractivity contribution in [2.24, 2.45) is 5.92 Å². The molecular formula is C25H42O2S. The van der Waals surface area contributed by atoms with Crippen molar-refractivity contribution in [1.82, 2.24) is 0 Å². The zero-order valence-electron chi connectivity index (χ0n) is 19.4. The third kappa shape index (κ3) is 8.51. The standard InChI is InChI=1S/C25H42O2S/c1-18(2)12-10-9-11-15-27-22(28)14-13-19-16-20(24(3,4)5)23(26)21(17-19)25(6,7)8/h16-18,26H,9-15H2,1-8H3. The summed E-state index contributed by atoms with van der Waals surface area (Å²) in [6.45, 7) is 18.1. The van der Waals surface area contributed by atoms with Crippen LogP contribution in [0.4, 0.5) is 0 Å². The topological polar surface area (TPSA) is 29.5 Å². The van der Waals surface area contributed by atoms with Gasteiger partial charge in [-0.2, -0.15) is 0 Å². The van der Waals surface area contributed by atoms with Crippen molar-refractivity contribution in [2.75, 3.05) is 6.61 Å². The van der Waals surface area contributed by atoms with E-state index in [2.05, 4.69) is 67.5 Å². The molecule has 0 saturated heterocycles. The third-order valence-electron chi connectivity index (χ3n) is 5.09. The second-order valence-corrected chi connectivity index (χ2v) is 11.0. The van der Waals surface area contributed by atoms with Gasteiger partial charge in [-0.15, -0.1) is 0 Å². The fraction of sp³-hybridized carbons (Fsp3) is 0.720. The second kappa shape index (κ2) is 10.6. The minimum absolute atomic E-state index is 0.104. The van der Waals surface area contributed by atoms with E-state index in [4.69, 9.17) is 17.0 Å².